The molecule has 2 fully saturated rings. The van der Waals surface area contributed by atoms with Crippen molar-refractivity contribution in [3.63, 3.8) is 0 Å². The Morgan fingerprint density at radius 2 is 1.88 bits per heavy atom. The van der Waals surface area contributed by atoms with E-state index >= 15 is 0 Å². The summed E-state index contributed by atoms with van der Waals surface area (Å²) < 4.78 is 0.890. The normalized spacial score (nSPS) is 26.9. The highest BCUT2D eigenvalue weighted by molar-refractivity contribution is 9.10. The summed E-state index contributed by atoms with van der Waals surface area (Å²) in [6.45, 7) is 2.14. The minimum atomic E-state index is -0.725. The minimum Gasteiger partial charge on any atom is -0.385 e. The van der Waals surface area contributed by atoms with Crippen LogP contribution in [-0.4, -0.2) is 23.2 Å². The lowest BCUT2D eigenvalue weighted by atomic mass is 9.58. The molecule has 0 saturated heterocycles. The van der Waals surface area contributed by atoms with Crippen LogP contribution in [0, 0.1) is 5.92 Å². The zero-order valence-electron chi connectivity index (χ0n) is 13.8. The van der Waals surface area contributed by atoms with Crippen LogP contribution in [0.25, 0.3) is 0 Å². The number of carbonyl (C=O) groups is 1. The van der Waals surface area contributed by atoms with Gasteiger partial charge in [0.15, 0.2) is 5.11 Å². The molecule has 24 heavy (non-hydrogen) atoms. The molecule has 130 valence electrons. The highest BCUT2D eigenvalue weighted by atomic mass is 79.9. The molecule has 0 unspecified atom stereocenters. The molecule has 0 bridgehead atoms. The van der Waals surface area contributed by atoms with Gasteiger partial charge in [0, 0.05) is 11.5 Å². The summed E-state index contributed by atoms with van der Waals surface area (Å²) in [5, 5.41) is 13.6. The third-order valence-electron chi connectivity index (χ3n) is 5.06. The molecule has 2 saturated carbocycles. The molecule has 1 amide bonds. The molecule has 0 radical (unpaired) electrons. The first kappa shape index (κ1) is 17.6. The molecule has 0 aromatic heterocycles. The van der Waals surface area contributed by atoms with E-state index in [2.05, 4.69) is 39.0 Å². The van der Waals surface area contributed by atoms with Crippen molar-refractivity contribution in [2.75, 3.05) is 7.05 Å². The van der Waals surface area contributed by atoms with Gasteiger partial charge in [0.25, 0.3) is 0 Å². The third kappa shape index (κ3) is 3.17. The lowest BCUT2D eigenvalue weighted by Crippen LogP contribution is -2.57. The lowest BCUT2D eigenvalue weighted by molar-refractivity contribution is -0.132. The van der Waals surface area contributed by atoms with Gasteiger partial charge in [-0.25, -0.2) is 0 Å². The Morgan fingerprint density at radius 3 is 2.42 bits per heavy atom. The Balaban J connectivity index is 1.89. The van der Waals surface area contributed by atoms with Crippen molar-refractivity contribution in [2.24, 2.45) is 5.92 Å². The van der Waals surface area contributed by atoms with E-state index in [1.165, 1.54) is 0 Å². The Morgan fingerprint density at radius 1 is 1.25 bits per heavy atom. The second-order valence-electron chi connectivity index (χ2n) is 7.01. The maximum atomic E-state index is 12.9. The van der Waals surface area contributed by atoms with E-state index in [0.29, 0.717) is 11.0 Å². The summed E-state index contributed by atoms with van der Waals surface area (Å²) in [6.07, 6.45) is 3.11. The number of thiocarbonyl (C=S) groups is 1. The first-order valence-corrected chi connectivity index (χ1v) is 9.31. The predicted octanol–water partition coefficient (Wildman–Crippen LogP) is 2.22. The minimum absolute atomic E-state index is 0.0926. The van der Waals surface area contributed by atoms with Crippen LogP contribution in [-0.2, 0) is 15.8 Å². The van der Waals surface area contributed by atoms with Crippen LogP contribution in [0.1, 0.15) is 43.7 Å². The first-order valence-electron chi connectivity index (χ1n) is 8.11. The van der Waals surface area contributed by atoms with Crippen molar-refractivity contribution < 1.29 is 9.90 Å². The summed E-state index contributed by atoms with van der Waals surface area (Å²) in [5.74, 6) is 0.392. The van der Waals surface area contributed by atoms with E-state index in [1.807, 2.05) is 18.2 Å². The number of hydrogen-bond donors (Lipinski definition) is 4. The van der Waals surface area contributed by atoms with Crippen LogP contribution in [0.4, 0.5) is 0 Å². The topological polar surface area (TPSA) is 73.4 Å². The van der Waals surface area contributed by atoms with Gasteiger partial charge in [-0.15, -0.1) is 0 Å². The van der Waals surface area contributed by atoms with Crippen molar-refractivity contribution in [1.82, 2.24) is 16.2 Å². The van der Waals surface area contributed by atoms with Gasteiger partial charge in [0.1, 0.15) is 0 Å². The zero-order chi connectivity index (χ0) is 17.5. The summed E-state index contributed by atoms with van der Waals surface area (Å²) >= 11 is 8.54. The van der Waals surface area contributed by atoms with Crippen LogP contribution in [0.5, 0.6) is 0 Å². The van der Waals surface area contributed by atoms with E-state index < -0.39 is 11.0 Å². The number of carbonyl (C=O) groups excluding carboxylic acids is 1. The van der Waals surface area contributed by atoms with Crippen molar-refractivity contribution >= 4 is 39.2 Å². The summed E-state index contributed by atoms with van der Waals surface area (Å²) in [5.41, 5.74) is 5.96. The summed E-state index contributed by atoms with van der Waals surface area (Å²) in [4.78, 5) is 12.9. The molecule has 3 rings (SSSR count). The number of hydrazine groups is 1. The number of hydrogen-bond acceptors (Lipinski definition) is 3. The van der Waals surface area contributed by atoms with Gasteiger partial charge < -0.3 is 10.4 Å². The molecule has 0 spiro atoms. The number of amides is 1. The smallest absolute Gasteiger partial charge is 0.249 e. The van der Waals surface area contributed by atoms with Crippen molar-refractivity contribution in [3.8, 4) is 0 Å². The van der Waals surface area contributed by atoms with E-state index in [-0.39, 0.29) is 5.91 Å². The molecule has 0 atom stereocenters. The second kappa shape index (κ2) is 6.28. The monoisotopic (exact) mass is 411 g/mol. The van der Waals surface area contributed by atoms with Crippen molar-refractivity contribution in [1.29, 1.82) is 0 Å². The van der Waals surface area contributed by atoms with Crippen LogP contribution in [0.3, 0.4) is 0 Å². The Bertz CT molecular complexity index is 684. The molecule has 5 nitrogen and oxygen atoms in total. The highest BCUT2D eigenvalue weighted by Crippen LogP contribution is 2.51. The molecular formula is C17H22BrN3O2S. The molecule has 7 heteroatoms. The van der Waals surface area contributed by atoms with E-state index in [1.54, 1.807) is 7.05 Å². The number of aliphatic hydroxyl groups is 1. The summed E-state index contributed by atoms with van der Waals surface area (Å²) in [7, 11) is 1.69. The number of rotatable bonds is 3. The van der Waals surface area contributed by atoms with E-state index in [9.17, 15) is 9.90 Å². The Hall–Kier alpha value is -1.18. The van der Waals surface area contributed by atoms with Crippen LogP contribution < -0.4 is 16.2 Å². The molecule has 1 aromatic rings. The molecule has 2 aliphatic rings. The average molecular weight is 412 g/mol. The maximum Gasteiger partial charge on any atom is 0.249 e. The van der Waals surface area contributed by atoms with Gasteiger partial charge in [-0.05, 0) is 67.1 Å². The van der Waals surface area contributed by atoms with Gasteiger partial charge in [-0.1, -0.05) is 28.9 Å². The molecule has 2 aliphatic carbocycles. The van der Waals surface area contributed by atoms with Crippen molar-refractivity contribution in [2.45, 2.75) is 43.6 Å². The quantitative estimate of drug-likeness (QED) is 0.453. The Kier molecular flexibility index (Phi) is 4.61. The lowest BCUT2D eigenvalue weighted by Gasteiger charge is -2.45. The number of nitrogens with one attached hydrogen (secondary N) is 3. The standard InChI is InChI=1S/C17H22BrN3O2S/c1-10-8-16(9-10,14(22)20-21-15(24)19-2)11-5-12(7-13(18)6-11)17(23)3-4-17/h5-7,10,23H,3-4,8-9H2,1-2H3,(H,20,22)(H2,19,21,24). The number of benzene rings is 1. The molecule has 0 aliphatic heterocycles. The molecule has 1 aromatic carbocycles. The van der Waals surface area contributed by atoms with Crippen LogP contribution >= 0.6 is 28.1 Å². The highest BCUT2D eigenvalue weighted by Gasteiger charge is 2.51. The largest absolute Gasteiger partial charge is 0.385 e. The SMILES string of the molecule is CNC(=S)NNC(=O)C1(c2cc(Br)cc(C3(O)CC3)c2)CC(C)C1. The van der Waals surface area contributed by atoms with E-state index in [0.717, 1.165) is 41.3 Å². The van der Waals surface area contributed by atoms with Crippen molar-refractivity contribution in [3.05, 3.63) is 33.8 Å². The summed E-state index contributed by atoms with van der Waals surface area (Å²) in [6, 6.07) is 5.91. The molecule has 4 N–H and O–H groups in total. The van der Waals surface area contributed by atoms with Gasteiger partial charge in [-0.3, -0.25) is 15.6 Å². The second-order valence-corrected chi connectivity index (χ2v) is 8.34. The van der Waals surface area contributed by atoms with Gasteiger partial charge >= 0.3 is 0 Å². The molecule has 0 heterocycles. The first-order chi connectivity index (χ1) is 11.3. The van der Waals surface area contributed by atoms with Gasteiger partial charge in [-0.2, -0.15) is 0 Å². The zero-order valence-corrected chi connectivity index (χ0v) is 16.2. The fraction of sp³-hybridized carbons (Fsp3) is 0.529. The Labute approximate surface area is 155 Å². The fourth-order valence-electron chi connectivity index (χ4n) is 3.52. The predicted molar refractivity (Wildman–Crippen MR) is 100 cm³/mol. The van der Waals surface area contributed by atoms with Gasteiger partial charge in [0.2, 0.25) is 5.91 Å². The average Bonchev–Trinajstić information content (AvgIpc) is 3.27. The number of halogens is 1. The van der Waals surface area contributed by atoms with Crippen LogP contribution in [0.15, 0.2) is 22.7 Å². The van der Waals surface area contributed by atoms with Gasteiger partial charge in [0.05, 0.1) is 11.0 Å². The third-order valence-corrected chi connectivity index (χ3v) is 5.82. The molecular weight excluding hydrogens is 390 g/mol. The van der Waals surface area contributed by atoms with E-state index in [4.69, 9.17) is 12.2 Å². The fourth-order valence-corrected chi connectivity index (χ4v) is 4.06. The van der Waals surface area contributed by atoms with Crippen LogP contribution in [0.2, 0.25) is 0 Å². The maximum absolute atomic E-state index is 12.9.